The molecule has 2 rings (SSSR count). The molecule has 0 amide bonds. The number of hydrogen-bond donors (Lipinski definition) is 1. The van der Waals surface area contributed by atoms with Crippen molar-refractivity contribution >= 4 is 11.7 Å². The zero-order valence-corrected chi connectivity index (χ0v) is 12.0. The van der Waals surface area contributed by atoms with Crippen LogP contribution < -0.4 is 5.32 Å². The molecular weight excluding hydrogens is 271 g/mol. The molecule has 0 saturated carbocycles. The van der Waals surface area contributed by atoms with Crippen molar-refractivity contribution in [3.63, 3.8) is 0 Å². The molecule has 2 aromatic rings. The van der Waals surface area contributed by atoms with Crippen LogP contribution in [0.1, 0.15) is 24.2 Å². The first-order valence-electron chi connectivity index (χ1n) is 6.71. The number of anilines is 1. The van der Waals surface area contributed by atoms with Crippen LogP contribution in [0.15, 0.2) is 42.6 Å². The molecule has 1 aromatic carbocycles. The summed E-state index contributed by atoms with van der Waals surface area (Å²) >= 11 is 0. The number of nitrogens with zero attached hydrogens (tertiary/aromatic N) is 1. The van der Waals surface area contributed by atoms with Crippen LogP contribution in [0.25, 0.3) is 0 Å². The Bertz CT molecular complexity index is 614. The summed E-state index contributed by atoms with van der Waals surface area (Å²) in [6, 6.07) is 8.83. The number of esters is 1. The summed E-state index contributed by atoms with van der Waals surface area (Å²) in [5.41, 5.74) is 2.03. The second-order valence-corrected chi connectivity index (χ2v) is 4.57. The fourth-order valence-corrected chi connectivity index (χ4v) is 1.90. The van der Waals surface area contributed by atoms with Crippen LogP contribution >= 0.6 is 0 Å². The Morgan fingerprint density at radius 2 is 2.19 bits per heavy atom. The van der Waals surface area contributed by atoms with E-state index >= 15 is 0 Å². The zero-order valence-electron chi connectivity index (χ0n) is 12.0. The van der Waals surface area contributed by atoms with Gasteiger partial charge in [0.1, 0.15) is 5.82 Å². The van der Waals surface area contributed by atoms with Crippen molar-refractivity contribution < 1.29 is 13.9 Å². The summed E-state index contributed by atoms with van der Waals surface area (Å²) in [5.74, 6) is -0.794. The smallest absolute Gasteiger partial charge is 0.333 e. The summed E-state index contributed by atoms with van der Waals surface area (Å²) in [6.45, 7) is 3.88. The van der Waals surface area contributed by atoms with E-state index in [9.17, 15) is 9.18 Å². The lowest BCUT2D eigenvalue weighted by Crippen LogP contribution is -2.23. The van der Waals surface area contributed by atoms with Crippen molar-refractivity contribution in [2.75, 3.05) is 11.9 Å². The molecule has 5 heteroatoms. The number of rotatable bonds is 5. The van der Waals surface area contributed by atoms with Crippen LogP contribution in [0.5, 0.6) is 0 Å². The second kappa shape index (κ2) is 6.83. The molecule has 1 atom stereocenters. The number of carbonyl (C=O) groups is 1. The van der Waals surface area contributed by atoms with Gasteiger partial charge in [0.2, 0.25) is 0 Å². The number of aromatic nitrogens is 1. The molecule has 1 N–H and O–H groups in total. The molecule has 0 fully saturated rings. The van der Waals surface area contributed by atoms with Crippen molar-refractivity contribution in [1.82, 2.24) is 4.98 Å². The van der Waals surface area contributed by atoms with E-state index < -0.39 is 12.0 Å². The van der Waals surface area contributed by atoms with Gasteiger partial charge in [0, 0.05) is 23.1 Å². The molecule has 4 nitrogen and oxygen atoms in total. The topological polar surface area (TPSA) is 51.2 Å². The van der Waals surface area contributed by atoms with Gasteiger partial charge in [-0.3, -0.25) is 4.98 Å². The average molecular weight is 288 g/mol. The van der Waals surface area contributed by atoms with Crippen LogP contribution in [0.2, 0.25) is 0 Å². The monoisotopic (exact) mass is 288 g/mol. The Kier molecular flexibility index (Phi) is 4.87. The van der Waals surface area contributed by atoms with Crippen molar-refractivity contribution in [2.45, 2.75) is 19.9 Å². The number of carbonyl (C=O) groups excluding carboxylic acids is 1. The normalized spacial score (nSPS) is 11.8. The van der Waals surface area contributed by atoms with Gasteiger partial charge < -0.3 is 10.1 Å². The molecule has 1 heterocycles. The maximum Gasteiger partial charge on any atom is 0.333 e. The van der Waals surface area contributed by atoms with Crippen molar-refractivity contribution in [3.8, 4) is 0 Å². The number of aryl methyl sites for hydroxylation is 1. The van der Waals surface area contributed by atoms with E-state index in [1.807, 2.05) is 13.0 Å². The first-order valence-corrected chi connectivity index (χ1v) is 6.71. The van der Waals surface area contributed by atoms with Crippen LogP contribution in [0, 0.1) is 12.7 Å². The Balaban J connectivity index is 2.27. The predicted octanol–water partition coefficient (Wildman–Crippen LogP) is 3.25. The van der Waals surface area contributed by atoms with Gasteiger partial charge in [-0.05, 0) is 38.1 Å². The summed E-state index contributed by atoms with van der Waals surface area (Å²) in [7, 11) is 0. The van der Waals surface area contributed by atoms with Crippen LogP contribution in [0.3, 0.4) is 0 Å². The number of nitrogens with one attached hydrogen (secondary N) is 1. The maximum absolute atomic E-state index is 13.3. The van der Waals surface area contributed by atoms with Crippen LogP contribution in [-0.4, -0.2) is 17.6 Å². The third-order valence-corrected chi connectivity index (χ3v) is 2.93. The number of pyridine rings is 1. The highest BCUT2D eigenvalue weighted by molar-refractivity contribution is 5.81. The third-order valence-electron chi connectivity index (χ3n) is 2.93. The molecule has 0 spiro atoms. The summed E-state index contributed by atoms with van der Waals surface area (Å²) in [6.07, 6.45) is 1.61. The Morgan fingerprint density at radius 3 is 2.81 bits per heavy atom. The third kappa shape index (κ3) is 4.02. The minimum absolute atomic E-state index is 0.277. The fourth-order valence-electron chi connectivity index (χ4n) is 1.90. The Labute approximate surface area is 123 Å². The lowest BCUT2D eigenvalue weighted by molar-refractivity contribution is -0.144. The van der Waals surface area contributed by atoms with E-state index in [1.165, 1.54) is 12.1 Å². The molecule has 0 aliphatic heterocycles. The van der Waals surface area contributed by atoms with Gasteiger partial charge in [-0.25, -0.2) is 9.18 Å². The van der Waals surface area contributed by atoms with E-state index in [0.717, 1.165) is 5.69 Å². The van der Waals surface area contributed by atoms with Gasteiger partial charge in [0.15, 0.2) is 6.04 Å². The molecule has 0 saturated heterocycles. The molecule has 0 aliphatic carbocycles. The van der Waals surface area contributed by atoms with E-state index in [2.05, 4.69) is 10.3 Å². The van der Waals surface area contributed by atoms with Crippen molar-refractivity contribution in [2.24, 2.45) is 0 Å². The van der Waals surface area contributed by atoms with Gasteiger partial charge in [-0.2, -0.15) is 0 Å². The van der Waals surface area contributed by atoms with Crippen molar-refractivity contribution in [3.05, 3.63) is 59.7 Å². The Morgan fingerprint density at radius 1 is 1.38 bits per heavy atom. The van der Waals surface area contributed by atoms with Crippen molar-refractivity contribution in [1.29, 1.82) is 0 Å². The summed E-state index contributed by atoms with van der Waals surface area (Å²) in [4.78, 5) is 16.3. The highest BCUT2D eigenvalue weighted by atomic mass is 19.1. The number of benzene rings is 1. The van der Waals surface area contributed by atoms with E-state index in [0.29, 0.717) is 11.3 Å². The largest absolute Gasteiger partial charge is 0.464 e. The molecule has 0 bridgehead atoms. The lowest BCUT2D eigenvalue weighted by Gasteiger charge is -2.18. The molecule has 1 unspecified atom stereocenters. The number of halogens is 1. The van der Waals surface area contributed by atoms with Crippen LogP contribution in [-0.2, 0) is 9.53 Å². The molecular formula is C16H17FN2O2. The van der Waals surface area contributed by atoms with E-state index in [4.69, 9.17) is 4.74 Å². The Hall–Kier alpha value is -2.43. The van der Waals surface area contributed by atoms with Gasteiger partial charge >= 0.3 is 5.97 Å². The molecule has 0 radical (unpaired) electrons. The quantitative estimate of drug-likeness (QED) is 0.858. The molecule has 110 valence electrons. The van der Waals surface area contributed by atoms with Gasteiger partial charge in [-0.1, -0.05) is 12.1 Å². The minimum Gasteiger partial charge on any atom is -0.464 e. The average Bonchev–Trinajstić information content (AvgIpc) is 2.46. The molecule has 21 heavy (non-hydrogen) atoms. The maximum atomic E-state index is 13.3. The number of ether oxygens (including phenoxy) is 1. The first kappa shape index (κ1) is 15.0. The highest BCUT2D eigenvalue weighted by Gasteiger charge is 2.22. The lowest BCUT2D eigenvalue weighted by atomic mass is 10.1. The summed E-state index contributed by atoms with van der Waals surface area (Å²) < 4.78 is 18.3. The zero-order chi connectivity index (χ0) is 15.2. The van der Waals surface area contributed by atoms with Gasteiger partial charge in [0.05, 0.1) is 6.61 Å². The van der Waals surface area contributed by atoms with Crippen LogP contribution in [0.4, 0.5) is 10.1 Å². The first-order chi connectivity index (χ1) is 10.1. The van der Waals surface area contributed by atoms with E-state index in [1.54, 1.807) is 31.3 Å². The fraction of sp³-hybridized carbons (Fsp3) is 0.250. The van der Waals surface area contributed by atoms with Gasteiger partial charge in [-0.15, -0.1) is 0 Å². The van der Waals surface area contributed by atoms with Gasteiger partial charge in [0.25, 0.3) is 0 Å². The summed E-state index contributed by atoms with van der Waals surface area (Å²) in [5, 5.41) is 2.99. The molecule has 0 aliphatic rings. The second-order valence-electron chi connectivity index (χ2n) is 4.57. The SMILES string of the molecule is CCOC(=O)C(Nc1cccc(F)c1)c1ccc(C)nc1. The molecule has 1 aromatic heterocycles. The van der Waals surface area contributed by atoms with E-state index in [-0.39, 0.29) is 12.4 Å². The highest BCUT2D eigenvalue weighted by Crippen LogP contribution is 2.21. The number of hydrogen-bond acceptors (Lipinski definition) is 4. The predicted molar refractivity (Wildman–Crippen MR) is 78.4 cm³/mol. The standard InChI is InChI=1S/C16H17FN2O2/c1-3-21-16(20)15(12-8-7-11(2)18-10-12)19-14-6-4-5-13(17)9-14/h4-10,15,19H,3H2,1-2H3. The minimum atomic E-state index is -0.722.